The lowest BCUT2D eigenvalue weighted by molar-refractivity contribution is 0.178. The predicted octanol–water partition coefficient (Wildman–Crippen LogP) is 5.38. The highest BCUT2D eigenvalue weighted by molar-refractivity contribution is 9.10. The van der Waals surface area contributed by atoms with Crippen molar-refractivity contribution in [3.63, 3.8) is 0 Å². The predicted molar refractivity (Wildman–Crippen MR) is 83.1 cm³/mol. The average molecular weight is 310 g/mol. The van der Waals surface area contributed by atoms with Gasteiger partial charge in [0.25, 0.3) is 0 Å². The third-order valence-corrected chi connectivity index (χ3v) is 4.78. The van der Waals surface area contributed by atoms with E-state index >= 15 is 0 Å². The topological polar surface area (TPSA) is 12.0 Å². The Kier molecular flexibility index (Phi) is 4.05. The van der Waals surface area contributed by atoms with E-state index in [1.807, 2.05) is 0 Å². The van der Waals surface area contributed by atoms with E-state index < -0.39 is 0 Å². The molecule has 18 heavy (non-hydrogen) atoms. The summed E-state index contributed by atoms with van der Waals surface area (Å²) in [6.45, 7) is 9.28. The Labute approximate surface area is 119 Å². The normalized spacial score (nSPS) is 26.9. The molecule has 0 amide bonds. The standard InChI is InChI=1S/C16H24BrN/c1-11-7-14(10-16(3,4)9-11)18-13-6-5-12(2)15(17)8-13/h5-6,8,11,14,18H,7,9-10H2,1-4H3. The zero-order valence-corrected chi connectivity index (χ0v) is 13.5. The van der Waals surface area contributed by atoms with Crippen molar-refractivity contribution in [3.05, 3.63) is 28.2 Å². The number of hydrogen-bond donors (Lipinski definition) is 1. The van der Waals surface area contributed by atoms with Gasteiger partial charge in [0.15, 0.2) is 0 Å². The van der Waals surface area contributed by atoms with Crippen molar-refractivity contribution >= 4 is 21.6 Å². The molecule has 0 bridgehead atoms. The second-order valence-corrected chi connectivity index (χ2v) is 7.57. The second-order valence-electron chi connectivity index (χ2n) is 6.72. The van der Waals surface area contributed by atoms with Crippen LogP contribution in [-0.2, 0) is 0 Å². The van der Waals surface area contributed by atoms with Crippen LogP contribution in [0.25, 0.3) is 0 Å². The summed E-state index contributed by atoms with van der Waals surface area (Å²) < 4.78 is 1.19. The van der Waals surface area contributed by atoms with Crippen molar-refractivity contribution in [1.82, 2.24) is 0 Å². The molecular formula is C16H24BrN. The van der Waals surface area contributed by atoms with Crippen LogP contribution in [0.5, 0.6) is 0 Å². The fraction of sp³-hybridized carbons (Fsp3) is 0.625. The zero-order chi connectivity index (χ0) is 13.3. The van der Waals surface area contributed by atoms with Crippen LogP contribution in [0.15, 0.2) is 22.7 Å². The lowest BCUT2D eigenvalue weighted by Crippen LogP contribution is -2.35. The molecule has 0 aliphatic heterocycles. The Bertz CT molecular complexity index is 425. The first-order valence-corrected chi connectivity index (χ1v) is 7.68. The van der Waals surface area contributed by atoms with Gasteiger partial charge in [-0.05, 0) is 55.2 Å². The molecule has 1 aromatic rings. The summed E-state index contributed by atoms with van der Waals surface area (Å²) in [7, 11) is 0. The third-order valence-electron chi connectivity index (χ3n) is 3.93. The van der Waals surface area contributed by atoms with E-state index in [0.717, 1.165) is 5.92 Å². The van der Waals surface area contributed by atoms with Crippen molar-refractivity contribution in [2.75, 3.05) is 5.32 Å². The van der Waals surface area contributed by atoms with Crippen LogP contribution in [-0.4, -0.2) is 6.04 Å². The molecule has 0 saturated heterocycles. The first-order valence-electron chi connectivity index (χ1n) is 6.88. The van der Waals surface area contributed by atoms with Gasteiger partial charge in [-0.3, -0.25) is 0 Å². The summed E-state index contributed by atoms with van der Waals surface area (Å²) in [6.07, 6.45) is 3.90. The van der Waals surface area contributed by atoms with Crippen molar-refractivity contribution < 1.29 is 0 Å². The molecular weight excluding hydrogens is 286 g/mol. The van der Waals surface area contributed by atoms with Gasteiger partial charge in [0.05, 0.1) is 0 Å². The molecule has 100 valence electrons. The number of rotatable bonds is 2. The molecule has 2 unspecified atom stereocenters. The summed E-state index contributed by atoms with van der Waals surface area (Å²) >= 11 is 3.61. The SMILES string of the molecule is Cc1ccc(NC2CC(C)CC(C)(C)C2)cc1Br. The van der Waals surface area contributed by atoms with Crippen LogP contribution in [0, 0.1) is 18.3 Å². The van der Waals surface area contributed by atoms with Crippen LogP contribution in [0.2, 0.25) is 0 Å². The summed E-state index contributed by atoms with van der Waals surface area (Å²) in [5.74, 6) is 0.820. The van der Waals surface area contributed by atoms with E-state index in [2.05, 4.69) is 67.1 Å². The van der Waals surface area contributed by atoms with Crippen molar-refractivity contribution in [1.29, 1.82) is 0 Å². The minimum Gasteiger partial charge on any atom is -0.382 e. The monoisotopic (exact) mass is 309 g/mol. The maximum absolute atomic E-state index is 3.70. The molecule has 1 aliphatic carbocycles. The van der Waals surface area contributed by atoms with Gasteiger partial charge in [-0.2, -0.15) is 0 Å². The molecule has 0 spiro atoms. The van der Waals surface area contributed by atoms with Crippen LogP contribution < -0.4 is 5.32 Å². The molecule has 1 aromatic carbocycles. The summed E-state index contributed by atoms with van der Waals surface area (Å²) in [4.78, 5) is 0. The maximum atomic E-state index is 3.70. The van der Waals surface area contributed by atoms with E-state index in [4.69, 9.17) is 0 Å². The molecule has 1 N–H and O–H groups in total. The number of anilines is 1. The second kappa shape index (κ2) is 5.24. The minimum absolute atomic E-state index is 0.470. The number of aryl methyl sites for hydroxylation is 1. The van der Waals surface area contributed by atoms with Gasteiger partial charge in [0, 0.05) is 16.2 Å². The van der Waals surface area contributed by atoms with Crippen LogP contribution >= 0.6 is 15.9 Å². The van der Waals surface area contributed by atoms with Crippen LogP contribution in [0.1, 0.15) is 45.6 Å². The molecule has 2 atom stereocenters. The first kappa shape index (κ1) is 13.9. The van der Waals surface area contributed by atoms with Gasteiger partial charge in [0.1, 0.15) is 0 Å². The Morgan fingerprint density at radius 3 is 2.61 bits per heavy atom. The lowest BCUT2D eigenvalue weighted by atomic mass is 9.70. The van der Waals surface area contributed by atoms with E-state index in [1.54, 1.807) is 0 Å². The highest BCUT2D eigenvalue weighted by Gasteiger charge is 2.31. The largest absolute Gasteiger partial charge is 0.382 e. The van der Waals surface area contributed by atoms with Gasteiger partial charge in [-0.15, -0.1) is 0 Å². The fourth-order valence-corrected chi connectivity index (χ4v) is 3.75. The van der Waals surface area contributed by atoms with E-state index in [0.29, 0.717) is 11.5 Å². The molecule has 2 rings (SSSR count). The average Bonchev–Trinajstić information content (AvgIpc) is 2.20. The van der Waals surface area contributed by atoms with Gasteiger partial charge >= 0.3 is 0 Å². The number of nitrogens with one attached hydrogen (secondary N) is 1. The Morgan fingerprint density at radius 2 is 2.00 bits per heavy atom. The quantitative estimate of drug-likeness (QED) is 0.773. The minimum atomic E-state index is 0.470. The molecule has 1 aliphatic rings. The van der Waals surface area contributed by atoms with Gasteiger partial charge in [-0.25, -0.2) is 0 Å². The lowest BCUT2D eigenvalue weighted by Gasteiger charge is -2.39. The molecule has 1 saturated carbocycles. The first-order chi connectivity index (χ1) is 8.35. The molecule has 0 radical (unpaired) electrons. The highest BCUT2D eigenvalue weighted by Crippen LogP contribution is 2.39. The number of benzene rings is 1. The summed E-state index contributed by atoms with van der Waals surface area (Å²) in [5.41, 5.74) is 3.00. The van der Waals surface area contributed by atoms with Gasteiger partial charge in [-0.1, -0.05) is 42.8 Å². The molecule has 1 nitrogen and oxygen atoms in total. The number of halogens is 1. The van der Waals surface area contributed by atoms with E-state index in [1.165, 1.54) is 35.0 Å². The highest BCUT2D eigenvalue weighted by atomic mass is 79.9. The Hall–Kier alpha value is -0.500. The molecule has 1 fully saturated rings. The van der Waals surface area contributed by atoms with Crippen molar-refractivity contribution in [2.24, 2.45) is 11.3 Å². The van der Waals surface area contributed by atoms with Crippen LogP contribution in [0.4, 0.5) is 5.69 Å². The summed E-state index contributed by atoms with van der Waals surface area (Å²) in [5, 5.41) is 3.70. The summed E-state index contributed by atoms with van der Waals surface area (Å²) in [6, 6.07) is 7.16. The van der Waals surface area contributed by atoms with Crippen molar-refractivity contribution in [2.45, 2.75) is 53.0 Å². The van der Waals surface area contributed by atoms with Gasteiger partial charge < -0.3 is 5.32 Å². The molecule has 2 heteroatoms. The molecule has 0 heterocycles. The van der Waals surface area contributed by atoms with E-state index in [9.17, 15) is 0 Å². The maximum Gasteiger partial charge on any atom is 0.0353 e. The number of hydrogen-bond acceptors (Lipinski definition) is 1. The fourth-order valence-electron chi connectivity index (χ4n) is 3.37. The van der Waals surface area contributed by atoms with Crippen LogP contribution in [0.3, 0.4) is 0 Å². The van der Waals surface area contributed by atoms with Crippen molar-refractivity contribution in [3.8, 4) is 0 Å². The van der Waals surface area contributed by atoms with Gasteiger partial charge in [0.2, 0.25) is 0 Å². The van der Waals surface area contributed by atoms with E-state index in [-0.39, 0.29) is 0 Å². The molecule has 0 aromatic heterocycles. The Morgan fingerprint density at radius 1 is 1.28 bits per heavy atom. The smallest absolute Gasteiger partial charge is 0.0353 e. The third kappa shape index (κ3) is 3.50. The zero-order valence-electron chi connectivity index (χ0n) is 11.9. The Balaban J connectivity index is 2.06.